The number of aromatic nitrogens is 5. The SMILES string of the molecule is O=C(O)c1coc(Cc2ccc(-c3cn[nH]c3)nn2)n1. The van der Waals surface area contributed by atoms with Gasteiger partial charge in [-0.25, -0.2) is 9.78 Å². The summed E-state index contributed by atoms with van der Waals surface area (Å²) in [5.74, 6) is -0.839. The second-order valence-electron chi connectivity index (χ2n) is 4.01. The lowest BCUT2D eigenvalue weighted by atomic mass is 10.2. The Hall–Kier alpha value is -3.03. The summed E-state index contributed by atoms with van der Waals surface area (Å²) >= 11 is 0. The summed E-state index contributed by atoms with van der Waals surface area (Å²) in [6.07, 6.45) is 4.75. The topological polar surface area (TPSA) is 118 Å². The van der Waals surface area contributed by atoms with Crippen molar-refractivity contribution in [2.24, 2.45) is 0 Å². The van der Waals surface area contributed by atoms with E-state index in [0.29, 0.717) is 11.4 Å². The molecule has 0 aromatic carbocycles. The second-order valence-corrected chi connectivity index (χ2v) is 4.01. The number of carboxylic acid groups (broad SMARTS) is 1. The highest BCUT2D eigenvalue weighted by Crippen LogP contribution is 2.14. The number of hydrogen-bond donors (Lipinski definition) is 2. The molecule has 0 saturated heterocycles. The van der Waals surface area contributed by atoms with Crippen LogP contribution in [0, 0.1) is 0 Å². The largest absolute Gasteiger partial charge is 0.476 e. The van der Waals surface area contributed by atoms with Crippen LogP contribution in [-0.4, -0.2) is 36.5 Å². The maximum atomic E-state index is 10.7. The fourth-order valence-corrected chi connectivity index (χ4v) is 1.64. The molecule has 0 aliphatic heterocycles. The molecule has 100 valence electrons. The fraction of sp³-hybridized carbons (Fsp3) is 0.0833. The first kappa shape index (κ1) is 12.0. The molecule has 3 aromatic rings. The van der Waals surface area contributed by atoms with Crippen molar-refractivity contribution >= 4 is 5.97 Å². The average molecular weight is 271 g/mol. The Morgan fingerprint density at radius 1 is 1.35 bits per heavy atom. The Labute approximate surface area is 112 Å². The third kappa shape index (κ3) is 2.39. The number of oxazole rings is 1. The van der Waals surface area contributed by atoms with E-state index in [1.807, 2.05) is 0 Å². The highest BCUT2D eigenvalue weighted by Gasteiger charge is 2.11. The summed E-state index contributed by atoms with van der Waals surface area (Å²) in [7, 11) is 0. The van der Waals surface area contributed by atoms with Crippen molar-refractivity contribution < 1.29 is 14.3 Å². The van der Waals surface area contributed by atoms with Crippen molar-refractivity contribution in [1.82, 2.24) is 25.4 Å². The zero-order valence-electron chi connectivity index (χ0n) is 10.1. The highest BCUT2D eigenvalue weighted by atomic mass is 16.4. The van der Waals surface area contributed by atoms with Crippen LogP contribution >= 0.6 is 0 Å². The number of rotatable bonds is 4. The zero-order valence-corrected chi connectivity index (χ0v) is 10.1. The summed E-state index contributed by atoms with van der Waals surface area (Å²) in [5.41, 5.74) is 2.05. The van der Waals surface area contributed by atoms with E-state index in [0.717, 1.165) is 11.8 Å². The molecule has 0 bridgehead atoms. The van der Waals surface area contributed by atoms with Crippen LogP contribution in [0.3, 0.4) is 0 Å². The molecule has 0 spiro atoms. The van der Waals surface area contributed by atoms with Crippen molar-refractivity contribution in [3.05, 3.63) is 48.1 Å². The first-order chi connectivity index (χ1) is 9.72. The maximum Gasteiger partial charge on any atom is 0.357 e. The van der Waals surface area contributed by atoms with Crippen LogP contribution in [0.4, 0.5) is 0 Å². The first-order valence-corrected chi connectivity index (χ1v) is 5.72. The normalized spacial score (nSPS) is 10.6. The molecule has 20 heavy (non-hydrogen) atoms. The molecule has 3 heterocycles. The van der Waals surface area contributed by atoms with Crippen LogP contribution in [-0.2, 0) is 6.42 Å². The quantitative estimate of drug-likeness (QED) is 0.730. The lowest BCUT2D eigenvalue weighted by Crippen LogP contribution is -1.99. The van der Waals surface area contributed by atoms with E-state index in [9.17, 15) is 4.79 Å². The van der Waals surface area contributed by atoms with Crippen LogP contribution in [0.25, 0.3) is 11.3 Å². The maximum absolute atomic E-state index is 10.7. The minimum Gasteiger partial charge on any atom is -0.476 e. The molecule has 0 saturated carbocycles. The van der Waals surface area contributed by atoms with Crippen LogP contribution in [0.15, 0.2) is 35.2 Å². The van der Waals surface area contributed by atoms with Crippen molar-refractivity contribution in [2.45, 2.75) is 6.42 Å². The Morgan fingerprint density at radius 3 is 2.85 bits per heavy atom. The molecule has 0 unspecified atom stereocenters. The van der Waals surface area contributed by atoms with Gasteiger partial charge in [-0.1, -0.05) is 0 Å². The zero-order chi connectivity index (χ0) is 13.9. The predicted molar refractivity (Wildman–Crippen MR) is 65.9 cm³/mol. The summed E-state index contributed by atoms with van der Waals surface area (Å²) in [6.45, 7) is 0. The van der Waals surface area contributed by atoms with Gasteiger partial charge in [0.15, 0.2) is 5.69 Å². The predicted octanol–water partition coefficient (Wildman–Crippen LogP) is 1.14. The number of carboxylic acids is 1. The fourth-order valence-electron chi connectivity index (χ4n) is 1.64. The minimum absolute atomic E-state index is 0.122. The van der Waals surface area contributed by atoms with E-state index < -0.39 is 5.97 Å². The van der Waals surface area contributed by atoms with Crippen LogP contribution in [0.5, 0.6) is 0 Å². The minimum atomic E-state index is -1.12. The number of H-pyrrole nitrogens is 1. The Kier molecular flexibility index (Phi) is 2.96. The van der Waals surface area contributed by atoms with Crippen LogP contribution in [0.1, 0.15) is 22.1 Å². The van der Waals surface area contributed by atoms with Gasteiger partial charge in [0.05, 0.1) is 24.0 Å². The molecule has 3 rings (SSSR count). The third-order valence-electron chi connectivity index (χ3n) is 2.62. The van der Waals surface area contributed by atoms with E-state index in [1.54, 1.807) is 24.5 Å². The smallest absolute Gasteiger partial charge is 0.357 e. The Morgan fingerprint density at radius 2 is 2.25 bits per heavy atom. The van der Waals surface area contributed by atoms with Gasteiger partial charge in [-0.05, 0) is 12.1 Å². The molecule has 2 N–H and O–H groups in total. The molecule has 0 fully saturated rings. The van der Waals surface area contributed by atoms with Gasteiger partial charge in [0, 0.05) is 11.8 Å². The van der Waals surface area contributed by atoms with E-state index in [4.69, 9.17) is 9.52 Å². The average Bonchev–Trinajstić information content (AvgIpc) is 3.10. The molecular formula is C12H9N5O3. The van der Waals surface area contributed by atoms with Gasteiger partial charge in [-0.15, -0.1) is 0 Å². The Balaban J connectivity index is 1.76. The number of nitrogens with one attached hydrogen (secondary N) is 1. The summed E-state index contributed by atoms with van der Waals surface area (Å²) in [6, 6.07) is 3.58. The monoisotopic (exact) mass is 271 g/mol. The highest BCUT2D eigenvalue weighted by molar-refractivity contribution is 5.84. The van der Waals surface area contributed by atoms with Gasteiger partial charge in [-0.3, -0.25) is 5.10 Å². The Bertz CT molecular complexity index is 718. The molecule has 0 amide bonds. The van der Waals surface area contributed by atoms with Gasteiger partial charge >= 0.3 is 5.97 Å². The lowest BCUT2D eigenvalue weighted by Gasteiger charge is -1.98. The van der Waals surface area contributed by atoms with E-state index >= 15 is 0 Å². The van der Waals surface area contributed by atoms with E-state index in [2.05, 4.69) is 25.4 Å². The van der Waals surface area contributed by atoms with Crippen molar-refractivity contribution in [2.75, 3.05) is 0 Å². The summed E-state index contributed by atoms with van der Waals surface area (Å²) in [4.78, 5) is 14.5. The van der Waals surface area contributed by atoms with Gasteiger partial charge in [0.2, 0.25) is 5.89 Å². The lowest BCUT2D eigenvalue weighted by molar-refractivity contribution is 0.0690. The third-order valence-corrected chi connectivity index (χ3v) is 2.62. The van der Waals surface area contributed by atoms with Crippen LogP contribution in [0.2, 0.25) is 0 Å². The standard InChI is InChI=1S/C12H9N5O3/c18-12(19)10-6-20-11(15-10)3-8-1-2-9(17-16-8)7-4-13-14-5-7/h1-2,4-6H,3H2,(H,13,14)(H,18,19). The molecule has 3 aromatic heterocycles. The number of aromatic carboxylic acids is 1. The number of hydrogen-bond acceptors (Lipinski definition) is 6. The first-order valence-electron chi connectivity index (χ1n) is 5.72. The van der Waals surface area contributed by atoms with Crippen LogP contribution < -0.4 is 0 Å². The number of nitrogens with zero attached hydrogens (tertiary/aromatic N) is 4. The molecule has 0 aliphatic rings. The summed E-state index contributed by atoms with van der Waals surface area (Å²) < 4.78 is 5.06. The molecule has 0 radical (unpaired) electrons. The van der Waals surface area contributed by atoms with Gasteiger partial charge < -0.3 is 9.52 Å². The molecule has 0 aliphatic carbocycles. The van der Waals surface area contributed by atoms with Gasteiger partial charge in [-0.2, -0.15) is 15.3 Å². The van der Waals surface area contributed by atoms with Crippen molar-refractivity contribution in [3.63, 3.8) is 0 Å². The molecule has 8 heteroatoms. The van der Waals surface area contributed by atoms with E-state index in [1.165, 1.54) is 0 Å². The van der Waals surface area contributed by atoms with Crippen molar-refractivity contribution in [3.8, 4) is 11.3 Å². The molecule has 0 atom stereocenters. The second kappa shape index (κ2) is 4.92. The van der Waals surface area contributed by atoms with Gasteiger partial charge in [0.1, 0.15) is 6.26 Å². The number of carbonyl (C=O) groups is 1. The van der Waals surface area contributed by atoms with Crippen molar-refractivity contribution in [1.29, 1.82) is 0 Å². The summed E-state index contributed by atoms with van der Waals surface area (Å²) in [5, 5.41) is 23.4. The van der Waals surface area contributed by atoms with E-state index in [-0.39, 0.29) is 18.0 Å². The molecule has 8 nitrogen and oxygen atoms in total. The van der Waals surface area contributed by atoms with Gasteiger partial charge in [0.25, 0.3) is 0 Å². The molecular weight excluding hydrogens is 262 g/mol. The number of aromatic amines is 1.